The minimum Gasteiger partial charge on any atom is -0.354 e. The molecule has 0 saturated carbocycles. The highest BCUT2D eigenvalue weighted by Gasteiger charge is 2.15. The maximum atomic E-state index is 5.95. The van der Waals surface area contributed by atoms with Gasteiger partial charge in [0.05, 0.1) is 16.0 Å². The molecule has 0 atom stereocenters. The van der Waals surface area contributed by atoms with Gasteiger partial charge >= 0.3 is 0 Å². The average molecular weight is 316 g/mol. The molecule has 1 N–H and O–H groups in total. The Labute approximate surface area is 133 Å². The van der Waals surface area contributed by atoms with Crippen LogP contribution in [0, 0.1) is 0 Å². The second-order valence-corrected chi connectivity index (χ2v) is 6.12. The largest absolute Gasteiger partial charge is 0.354 e. The molecule has 0 spiro atoms. The molecule has 0 radical (unpaired) electrons. The molecule has 0 aliphatic rings. The number of aryl methyl sites for hydroxylation is 1. The lowest BCUT2D eigenvalue weighted by Crippen LogP contribution is -2.29. The van der Waals surface area contributed by atoms with Gasteiger partial charge in [0, 0.05) is 16.8 Å². The van der Waals surface area contributed by atoms with Gasteiger partial charge in [0.15, 0.2) is 6.20 Å². The van der Waals surface area contributed by atoms with Crippen molar-refractivity contribution in [3.8, 4) is 0 Å². The highest BCUT2D eigenvalue weighted by atomic mass is 35.5. The summed E-state index contributed by atoms with van der Waals surface area (Å²) >= 11 is 7.69. The molecular formula is C17H16ClN2S+. The van der Waals surface area contributed by atoms with E-state index in [1.165, 1.54) is 15.8 Å². The Morgan fingerprint density at radius 2 is 1.76 bits per heavy atom. The van der Waals surface area contributed by atoms with Gasteiger partial charge < -0.3 is 5.32 Å². The number of anilines is 2. The van der Waals surface area contributed by atoms with Gasteiger partial charge in [-0.05, 0) is 36.6 Å². The number of fused-ring (bicyclic) bond motifs is 1. The van der Waals surface area contributed by atoms with Gasteiger partial charge in [0.1, 0.15) is 7.05 Å². The lowest BCUT2D eigenvalue weighted by atomic mass is 10.1. The van der Waals surface area contributed by atoms with E-state index in [2.05, 4.69) is 53.6 Å². The molecule has 3 rings (SSSR count). The van der Waals surface area contributed by atoms with Crippen LogP contribution in [0.15, 0.2) is 59.6 Å². The first kappa shape index (κ1) is 14.2. The Morgan fingerprint density at radius 3 is 2.48 bits per heavy atom. The van der Waals surface area contributed by atoms with Gasteiger partial charge in [-0.1, -0.05) is 23.7 Å². The first-order valence-corrected chi connectivity index (χ1v) is 8.27. The molecule has 0 bridgehead atoms. The molecule has 3 aromatic rings. The fourth-order valence-electron chi connectivity index (χ4n) is 2.40. The van der Waals surface area contributed by atoms with E-state index in [1.807, 2.05) is 24.3 Å². The topological polar surface area (TPSA) is 15.9 Å². The summed E-state index contributed by atoms with van der Waals surface area (Å²) in [5.74, 6) is 0. The van der Waals surface area contributed by atoms with E-state index < -0.39 is 0 Å². The van der Waals surface area contributed by atoms with Crippen molar-refractivity contribution in [1.29, 1.82) is 0 Å². The van der Waals surface area contributed by atoms with Gasteiger partial charge in [-0.3, -0.25) is 0 Å². The number of halogens is 1. The first-order chi connectivity index (χ1) is 10.2. The van der Waals surface area contributed by atoms with Crippen LogP contribution in [0.4, 0.5) is 11.4 Å². The van der Waals surface area contributed by atoms with Crippen molar-refractivity contribution in [3.63, 3.8) is 0 Å². The lowest BCUT2D eigenvalue weighted by molar-refractivity contribution is -0.646. The molecule has 0 saturated heterocycles. The molecule has 2 aromatic carbocycles. The van der Waals surface area contributed by atoms with Gasteiger partial charge in [-0.15, -0.1) is 11.8 Å². The summed E-state index contributed by atoms with van der Waals surface area (Å²) in [6, 6.07) is 16.2. The summed E-state index contributed by atoms with van der Waals surface area (Å²) in [4.78, 5) is 1.21. The quantitative estimate of drug-likeness (QED) is 0.553. The fraction of sp³-hybridized carbons (Fsp3) is 0.118. The molecule has 0 aliphatic heterocycles. The number of rotatable bonds is 3. The number of hydrogen-bond acceptors (Lipinski definition) is 2. The maximum absolute atomic E-state index is 5.95. The van der Waals surface area contributed by atoms with Crippen molar-refractivity contribution in [2.75, 3.05) is 11.6 Å². The molecule has 4 heteroatoms. The normalized spacial score (nSPS) is 10.8. The maximum Gasteiger partial charge on any atom is 0.214 e. The SMILES string of the molecule is CSc1c[n+](C)c2ccccc2c1Nc1ccc(Cl)cc1. The molecule has 0 aliphatic carbocycles. The predicted molar refractivity (Wildman–Crippen MR) is 91.6 cm³/mol. The fourth-order valence-corrected chi connectivity index (χ4v) is 3.15. The van der Waals surface area contributed by atoms with Crippen LogP contribution in [0.5, 0.6) is 0 Å². The molecule has 2 nitrogen and oxygen atoms in total. The van der Waals surface area contributed by atoms with E-state index in [1.54, 1.807) is 11.8 Å². The van der Waals surface area contributed by atoms with Crippen LogP contribution < -0.4 is 9.88 Å². The number of aromatic nitrogens is 1. The monoisotopic (exact) mass is 315 g/mol. The Balaban J connectivity index is 2.15. The predicted octanol–water partition coefficient (Wildman–Crippen LogP) is 4.78. The molecule has 1 aromatic heterocycles. The number of thioether (sulfide) groups is 1. The van der Waals surface area contributed by atoms with Gasteiger partial charge in [-0.25, -0.2) is 0 Å². The molecule has 0 unspecified atom stereocenters. The third-order valence-electron chi connectivity index (χ3n) is 3.44. The molecule has 106 valence electrons. The number of nitrogens with one attached hydrogen (secondary N) is 1. The number of para-hydroxylation sites is 1. The molecule has 0 fully saturated rings. The van der Waals surface area contributed by atoms with Gasteiger partial charge in [-0.2, -0.15) is 4.57 Å². The molecule has 1 heterocycles. The summed E-state index contributed by atoms with van der Waals surface area (Å²) < 4.78 is 2.16. The molecular weight excluding hydrogens is 300 g/mol. The Morgan fingerprint density at radius 1 is 1.05 bits per heavy atom. The van der Waals surface area contributed by atoms with Gasteiger partial charge in [0.2, 0.25) is 5.52 Å². The van der Waals surface area contributed by atoms with Crippen molar-refractivity contribution in [2.45, 2.75) is 4.90 Å². The summed E-state index contributed by atoms with van der Waals surface area (Å²) in [5.41, 5.74) is 3.37. The van der Waals surface area contributed by atoms with E-state index in [4.69, 9.17) is 11.6 Å². The molecule has 21 heavy (non-hydrogen) atoms. The highest BCUT2D eigenvalue weighted by molar-refractivity contribution is 7.98. The van der Waals surface area contributed by atoms with Crippen LogP contribution in [-0.2, 0) is 7.05 Å². The number of hydrogen-bond donors (Lipinski definition) is 1. The highest BCUT2D eigenvalue weighted by Crippen LogP contribution is 2.33. The van der Waals surface area contributed by atoms with Crippen LogP contribution in [0.3, 0.4) is 0 Å². The Kier molecular flexibility index (Phi) is 4.04. The van der Waals surface area contributed by atoms with E-state index in [-0.39, 0.29) is 0 Å². The average Bonchev–Trinajstić information content (AvgIpc) is 2.52. The summed E-state index contributed by atoms with van der Waals surface area (Å²) in [6.45, 7) is 0. The Bertz CT molecular complexity index is 785. The van der Waals surface area contributed by atoms with Crippen molar-refractivity contribution in [3.05, 3.63) is 59.8 Å². The van der Waals surface area contributed by atoms with Crippen LogP contribution >= 0.6 is 23.4 Å². The van der Waals surface area contributed by atoms with Crippen LogP contribution in [-0.4, -0.2) is 6.26 Å². The van der Waals surface area contributed by atoms with Crippen molar-refractivity contribution in [2.24, 2.45) is 7.05 Å². The van der Waals surface area contributed by atoms with Crippen LogP contribution in [0.2, 0.25) is 5.02 Å². The van der Waals surface area contributed by atoms with Crippen LogP contribution in [0.25, 0.3) is 10.9 Å². The summed E-state index contributed by atoms with van der Waals surface area (Å²) in [7, 11) is 2.08. The number of benzene rings is 2. The minimum absolute atomic E-state index is 0.745. The zero-order valence-corrected chi connectivity index (χ0v) is 13.5. The van der Waals surface area contributed by atoms with E-state index in [0.717, 1.165) is 16.4 Å². The minimum atomic E-state index is 0.745. The summed E-state index contributed by atoms with van der Waals surface area (Å²) in [5, 5.41) is 5.48. The zero-order valence-electron chi connectivity index (χ0n) is 11.9. The van der Waals surface area contributed by atoms with E-state index in [9.17, 15) is 0 Å². The first-order valence-electron chi connectivity index (χ1n) is 6.67. The number of pyridine rings is 1. The van der Waals surface area contributed by atoms with Crippen LogP contribution in [0.1, 0.15) is 0 Å². The number of nitrogens with zero attached hydrogens (tertiary/aromatic N) is 1. The standard InChI is InChI=1S/C17H15ClN2S/c1-20-11-16(21-2)17(14-5-3-4-6-15(14)20)19-13-9-7-12(18)8-10-13/h3-11H,1-2H3/p+1. The Hall–Kier alpha value is -1.71. The second-order valence-electron chi connectivity index (χ2n) is 4.83. The third kappa shape index (κ3) is 2.85. The van der Waals surface area contributed by atoms with E-state index >= 15 is 0 Å². The van der Waals surface area contributed by atoms with Crippen molar-refractivity contribution >= 4 is 45.6 Å². The van der Waals surface area contributed by atoms with Crippen molar-refractivity contribution < 1.29 is 4.57 Å². The lowest BCUT2D eigenvalue weighted by Gasteiger charge is -2.12. The summed E-state index contributed by atoms with van der Waals surface area (Å²) in [6.07, 6.45) is 4.25. The smallest absolute Gasteiger partial charge is 0.214 e. The van der Waals surface area contributed by atoms with E-state index in [0.29, 0.717) is 0 Å². The van der Waals surface area contributed by atoms with Crippen molar-refractivity contribution in [1.82, 2.24) is 0 Å². The molecule has 0 amide bonds. The zero-order chi connectivity index (χ0) is 14.8. The van der Waals surface area contributed by atoms with Gasteiger partial charge in [0.25, 0.3) is 0 Å². The second kappa shape index (κ2) is 5.96. The third-order valence-corrected chi connectivity index (χ3v) is 4.45.